The fourth-order valence-corrected chi connectivity index (χ4v) is 2.90. The second kappa shape index (κ2) is 7.72. The molecule has 1 saturated heterocycles. The molecular formula is C18H26N6O2. The minimum atomic E-state index is -0.0239. The SMILES string of the molecule is CCOc1cc(C)nc(N2CCN(C(=O)c3ccn(C(C)C)n3)CC2)n1. The van der Waals surface area contributed by atoms with Crippen molar-refractivity contribution < 1.29 is 9.53 Å². The third-order valence-electron chi connectivity index (χ3n) is 4.32. The molecule has 8 nitrogen and oxygen atoms in total. The largest absolute Gasteiger partial charge is 0.478 e. The molecule has 1 fully saturated rings. The molecule has 0 aliphatic carbocycles. The van der Waals surface area contributed by atoms with Crippen LogP contribution < -0.4 is 9.64 Å². The maximum Gasteiger partial charge on any atom is 0.274 e. The smallest absolute Gasteiger partial charge is 0.274 e. The first-order valence-corrected chi connectivity index (χ1v) is 9.05. The first-order chi connectivity index (χ1) is 12.5. The van der Waals surface area contributed by atoms with Crippen LogP contribution in [0.15, 0.2) is 18.3 Å². The lowest BCUT2D eigenvalue weighted by atomic mass is 10.3. The van der Waals surface area contributed by atoms with E-state index in [0.717, 1.165) is 5.69 Å². The number of ether oxygens (including phenoxy) is 1. The quantitative estimate of drug-likeness (QED) is 0.813. The average Bonchev–Trinajstić information content (AvgIpc) is 3.11. The van der Waals surface area contributed by atoms with Crippen LogP contribution >= 0.6 is 0 Å². The second-order valence-electron chi connectivity index (χ2n) is 6.63. The maximum atomic E-state index is 12.7. The predicted molar refractivity (Wildman–Crippen MR) is 98.7 cm³/mol. The molecule has 0 saturated carbocycles. The molecule has 26 heavy (non-hydrogen) atoms. The van der Waals surface area contributed by atoms with E-state index >= 15 is 0 Å². The zero-order valence-electron chi connectivity index (χ0n) is 15.8. The number of aromatic nitrogens is 4. The average molecular weight is 358 g/mol. The normalized spacial score (nSPS) is 14.8. The van der Waals surface area contributed by atoms with Crippen LogP contribution in [0.1, 0.15) is 43.0 Å². The molecule has 2 aromatic heterocycles. The van der Waals surface area contributed by atoms with Crippen LogP contribution in [0.5, 0.6) is 5.88 Å². The summed E-state index contributed by atoms with van der Waals surface area (Å²) in [5.41, 5.74) is 1.37. The zero-order chi connectivity index (χ0) is 18.7. The summed E-state index contributed by atoms with van der Waals surface area (Å²) in [7, 11) is 0. The van der Waals surface area contributed by atoms with Gasteiger partial charge < -0.3 is 14.5 Å². The van der Waals surface area contributed by atoms with E-state index < -0.39 is 0 Å². The van der Waals surface area contributed by atoms with Crippen LogP contribution in [0, 0.1) is 6.92 Å². The summed E-state index contributed by atoms with van der Waals surface area (Å²) in [6.45, 7) is 11.1. The molecule has 8 heteroatoms. The van der Waals surface area contributed by atoms with Crippen LogP contribution in [0.2, 0.25) is 0 Å². The monoisotopic (exact) mass is 358 g/mol. The Kier molecular flexibility index (Phi) is 5.39. The molecule has 2 aromatic rings. The molecular weight excluding hydrogens is 332 g/mol. The zero-order valence-corrected chi connectivity index (χ0v) is 15.8. The summed E-state index contributed by atoms with van der Waals surface area (Å²) in [5.74, 6) is 1.22. The van der Waals surface area contributed by atoms with Crippen molar-refractivity contribution in [3.8, 4) is 5.88 Å². The van der Waals surface area contributed by atoms with Crippen molar-refractivity contribution >= 4 is 11.9 Å². The van der Waals surface area contributed by atoms with Gasteiger partial charge in [-0.15, -0.1) is 0 Å². The van der Waals surface area contributed by atoms with E-state index in [9.17, 15) is 4.79 Å². The van der Waals surface area contributed by atoms with E-state index in [0.29, 0.717) is 50.3 Å². The lowest BCUT2D eigenvalue weighted by Crippen LogP contribution is -2.49. The third kappa shape index (κ3) is 3.95. The summed E-state index contributed by atoms with van der Waals surface area (Å²) in [6, 6.07) is 3.86. The van der Waals surface area contributed by atoms with Crippen LogP contribution in [-0.4, -0.2) is 63.3 Å². The first-order valence-electron chi connectivity index (χ1n) is 9.05. The van der Waals surface area contributed by atoms with E-state index in [1.807, 2.05) is 44.9 Å². The molecule has 3 rings (SSSR count). The molecule has 1 aliphatic heterocycles. The van der Waals surface area contributed by atoms with E-state index in [4.69, 9.17) is 4.74 Å². The van der Waals surface area contributed by atoms with Crippen molar-refractivity contribution in [3.63, 3.8) is 0 Å². The molecule has 0 spiro atoms. The Morgan fingerprint density at radius 2 is 1.96 bits per heavy atom. The number of nitrogens with zero attached hydrogens (tertiary/aromatic N) is 6. The van der Waals surface area contributed by atoms with Gasteiger partial charge in [0.15, 0.2) is 0 Å². The minimum absolute atomic E-state index is 0.0239. The van der Waals surface area contributed by atoms with Gasteiger partial charge in [0.2, 0.25) is 11.8 Å². The molecule has 0 atom stereocenters. The van der Waals surface area contributed by atoms with Gasteiger partial charge in [-0.05, 0) is 33.8 Å². The highest BCUT2D eigenvalue weighted by Crippen LogP contribution is 2.18. The lowest BCUT2D eigenvalue weighted by Gasteiger charge is -2.34. The Hall–Kier alpha value is -2.64. The van der Waals surface area contributed by atoms with E-state index in [-0.39, 0.29) is 11.9 Å². The van der Waals surface area contributed by atoms with Crippen LogP contribution in [-0.2, 0) is 0 Å². The standard InChI is InChI=1S/C18H26N6O2/c1-5-26-16-12-14(4)19-18(20-16)23-10-8-22(9-11-23)17(25)15-6-7-24(21-15)13(2)3/h6-7,12-13H,5,8-11H2,1-4H3. The summed E-state index contributed by atoms with van der Waals surface area (Å²) < 4.78 is 7.31. The number of amides is 1. The van der Waals surface area contributed by atoms with Crippen molar-refractivity contribution in [1.82, 2.24) is 24.6 Å². The molecule has 0 unspecified atom stereocenters. The Balaban J connectivity index is 1.64. The Bertz CT molecular complexity index is 765. The number of hydrogen-bond donors (Lipinski definition) is 0. The van der Waals surface area contributed by atoms with Crippen molar-refractivity contribution in [1.29, 1.82) is 0 Å². The molecule has 0 N–H and O–H groups in total. The molecule has 0 bridgehead atoms. The van der Waals surface area contributed by atoms with Gasteiger partial charge in [-0.2, -0.15) is 10.1 Å². The second-order valence-corrected chi connectivity index (χ2v) is 6.63. The van der Waals surface area contributed by atoms with Gasteiger partial charge in [-0.25, -0.2) is 4.98 Å². The number of carbonyl (C=O) groups is 1. The van der Waals surface area contributed by atoms with E-state index in [1.54, 1.807) is 10.7 Å². The Morgan fingerprint density at radius 1 is 1.23 bits per heavy atom. The molecule has 0 aromatic carbocycles. The summed E-state index contributed by atoms with van der Waals surface area (Å²) >= 11 is 0. The molecule has 0 radical (unpaired) electrons. The van der Waals surface area contributed by atoms with Crippen molar-refractivity contribution in [2.75, 3.05) is 37.7 Å². The molecule has 140 valence electrons. The van der Waals surface area contributed by atoms with Crippen molar-refractivity contribution in [2.24, 2.45) is 0 Å². The van der Waals surface area contributed by atoms with Crippen molar-refractivity contribution in [3.05, 3.63) is 29.7 Å². The highest BCUT2D eigenvalue weighted by molar-refractivity contribution is 5.92. The van der Waals surface area contributed by atoms with Crippen LogP contribution in [0.4, 0.5) is 5.95 Å². The highest BCUT2D eigenvalue weighted by Gasteiger charge is 2.25. The summed E-state index contributed by atoms with van der Waals surface area (Å²) in [4.78, 5) is 25.6. The predicted octanol–water partition coefficient (Wildman–Crippen LogP) is 1.92. The fourth-order valence-electron chi connectivity index (χ4n) is 2.90. The fraction of sp³-hybridized carbons (Fsp3) is 0.556. The van der Waals surface area contributed by atoms with Gasteiger partial charge in [0, 0.05) is 50.2 Å². The first kappa shape index (κ1) is 18.2. The van der Waals surface area contributed by atoms with Gasteiger partial charge in [0.05, 0.1) is 6.61 Å². The van der Waals surface area contributed by atoms with Crippen LogP contribution in [0.3, 0.4) is 0 Å². The number of rotatable bonds is 5. The number of piperazine rings is 1. The maximum absolute atomic E-state index is 12.7. The van der Waals surface area contributed by atoms with E-state index in [2.05, 4.69) is 20.0 Å². The molecule has 3 heterocycles. The van der Waals surface area contributed by atoms with Gasteiger partial charge in [-0.1, -0.05) is 0 Å². The number of aryl methyl sites for hydroxylation is 1. The molecule has 1 amide bonds. The lowest BCUT2D eigenvalue weighted by molar-refractivity contribution is 0.0739. The third-order valence-corrected chi connectivity index (χ3v) is 4.32. The number of anilines is 1. The molecule has 1 aliphatic rings. The number of hydrogen-bond acceptors (Lipinski definition) is 6. The van der Waals surface area contributed by atoms with Gasteiger partial charge in [0.25, 0.3) is 5.91 Å². The minimum Gasteiger partial charge on any atom is -0.478 e. The van der Waals surface area contributed by atoms with E-state index in [1.165, 1.54) is 0 Å². The number of carbonyl (C=O) groups excluding carboxylic acids is 1. The summed E-state index contributed by atoms with van der Waals surface area (Å²) in [5, 5.41) is 4.38. The Labute approximate surface area is 153 Å². The van der Waals surface area contributed by atoms with Gasteiger partial charge in [0.1, 0.15) is 5.69 Å². The highest BCUT2D eigenvalue weighted by atomic mass is 16.5. The Morgan fingerprint density at radius 3 is 2.58 bits per heavy atom. The van der Waals surface area contributed by atoms with Crippen molar-refractivity contribution in [2.45, 2.75) is 33.7 Å². The topological polar surface area (TPSA) is 76.4 Å². The van der Waals surface area contributed by atoms with Crippen LogP contribution in [0.25, 0.3) is 0 Å². The van der Waals surface area contributed by atoms with Gasteiger partial charge in [-0.3, -0.25) is 9.48 Å². The van der Waals surface area contributed by atoms with Gasteiger partial charge >= 0.3 is 0 Å². The summed E-state index contributed by atoms with van der Waals surface area (Å²) in [6.07, 6.45) is 1.85.